The number of hydrogen-bond donors (Lipinski definition) is 1. The summed E-state index contributed by atoms with van der Waals surface area (Å²) in [5.41, 5.74) is 1.69. The largest absolute Gasteiger partial charge is 0.495 e. The lowest BCUT2D eigenvalue weighted by atomic mass is 10.0. The average molecular weight is 370 g/mol. The molecule has 0 atom stereocenters. The third-order valence-electron chi connectivity index (χ3n) is 4.25. The number of aryl methyl sites for hydroxylation is 1. The van der Waals surface area contributed by atoms with Crippen LogP contribution in [-0.4, -0.2) is 20.1 Å². The van der Waals surface area contributed by atoms with Crippen molar-refractivity contribution in [1.82, 2.24) is 0 Å². The number of carbonyl (C=O) groups excluding carboxylic acids is 1. The minimum Gasteiger partial charge on any atom is -0.495 e. The van der Waals surface area contributed by atoms with Crippen LogP contribution in [0.1, 0.15) is 12.0 Å². The van der Waals surface area contributed by atoms with Crippen LogP contribution in [0.3, 0.4) is 0 Å². The smallest absolute Gasteiger partial charge is 0.224 e. The van der Waals surface area contributed by atoms with Gasteiger partial charge in [0.05, 0.1) is 24.9 Å². The van der Waals surface area contributed by atoms with Gasteiger partial charge in [0.15, 0.2) is 0 Å². The highest BCUT2D eigenvalue weighted by Crippen LogP contribution is 2.36. The molecule has 0 saturated heterocycles. The van der Waals surface area contributed by atoms with E-state index in [4.69, 9.17) is 21.1 Å². The van der Waals surface area contributed by atoms with Gasteiger partial charge >= 0.3 is 0 Å². The van der Waals surface area contributed by atoms with E-state index in [2.05, 4.69) is 29.6 Å². The standard InChI is InChI=1S/C21H20ClNO3/c1-25-19-13-18(20(26-2)12-17(19)22)23-21(24)11-10-15-8-5-7-14-6-3-4-9-16(14)15/h3-9,12-13H,10-11H2,1-2H3,(H,23,24). The first-order valence-electron chi connectivity index (χ1n) is 8.30. The fourth-order valence-corrected chi connectivity index (χ4v) is 3.16. The average Bonchev–Trinajstić information content (AvgIpc) is 2.67. The lowest BCUT2D eigenvalue weighted by Crippen LogP contribution is -2.13. The number of hydrogen-bond acceptors (Lipinski definition) is 3. The molecule has 0 heterocycles. The van der Waals surface area contributed by atoms with Gasteiger partial charge in [-0.2, -0.15) is 0 Å². The van der Waals surface area contributed by atoms with Gasteiger partial charge in [0, 0.05) is 18.6 Å². The van der Waals surface area contributed by atoms with E-state index in [-0.39, 0.29) is 5.91 Å². The summed E-state index contributed by atoms with van der Waals surface area (Å²) < 4.78 is 10.5. The molecule has 0 aliphatic heterocycles. The van der Waals surface area contributed by atoms with E-state index >= 15 is 0 Å². The molecule has 26 heavy (non-hydrogen) atoms. The third-order valence-corrected chi connectivity index (χ3v) is 4.54. The fraction of sp³-hybridized carbons (Fsp3) is 0.190. The van der Waals surface area contributed by atoms with E-state index in [9.17, 15) is 4.79 Å². The lowest BCUT2D eigenvalue weighted by Gasteiger charge is -2.13. The molecule has 0 saturated carbocycles. The van der Waals surface area contributed by atoms with Crippen LogP contribution in [0.5, 0.6) is 11.5 Å². The van der Waals surface area contributed by atoms with Crippen molar-refractivity contribution < 1.29 is 14.3 Å². The number of benzene rings is 3. The van der Waals surface area contributed by atoms with Crippen LogP contribution < -0.4 is 14.8 Å². The summed E-state index contributed by atoms with van der Waals surface area (Å²) in [6.07, 6.45) is 1.02. The van der Waals surface area contributed by atoms with E-state index in [1.54, 1.807) is 12.1 Å². The van der Waals surface area contributed by atoms with Gasteiger partial charge in [0.25, 0.3) is 0 Å². The Labute approximate surface area is 157 Å². The van der Waals surface area contributed by atoms with Gasteiger partial charge in [-0.3, -0.25) is 4.79 Å². The molecule has 5 heteroatoms. The summed E-state index contributed by atoms with van der Waals surface area (Å²) >= 11 is 6.10. The van der Waals surface area contributed by atoms with Gasteiger partial charge in [0.1, 0.15) is 11.5 Å². The first-order chi connectivity index (χ1) is 12.6. The fourth-order valence-electron chi connectivity index (χ4n) is 2.93. The Balaban J connectivity index is 1.73. The monoisotopic (exact) mass is 369 g/mol. The van der Waals surface area contributed by atoms with Gasteiger partial charge in [-0.05, 0) is 22.8 Å². The Bertz CT molecular complexity index is 934. The first kappa shape index (κ1) is 18.1. The Kier molecular flexibility index (Phi) is 5.64. The summed E-state index contributed by atoms with van der Waals surface area (Å²) in [6.45, 7) is 0. The maximum atomic E-state index is 12.4. The molecule has 0 aliphatic carbocycles. The van der Waals surface area contributed by atoms with E-state index in [0.29, 0.717) is 35.1 Å². The molecule has 3 rings (SSSR count). The number of nitrogens with one attached hydrogen (secondary N) is 1. The molecule has 4 nitrogen and oxygen atoms in total. The molecule has 0 fully saturated rings. The van der Waals surface area contributed by atoms with E-state index in [1.165, 1.54) is 25.0 Å². The van der Waals surface area contributed by atoms with E-state index in [1.807, 2.05) is 18.2 Å². The molecule has 3 aromatic rings. The predicted octanol–water partition coefficient (Wildman–Crippen LogP) is 5.08. The van der Waals surface area contributed by atoms with E-state index in [0.717, 1.165) is 5.56 Å². The highest BCUT2D eigenvalue weighted by molar-refractivity contribution is 6.32. The van der Waals surface area contributed by atoms with Crippen molar-refractivity contribution in [1.29, 1.82) is 0 Å². The van der Waals surface area contributed by atoms with Crippen molar-refractivity contribution in [2.24, 2.45) is 0 Å². The van der Waals surface area contributed by atoms with Crippen LogP contribution in [0.15, 0.2) is 54.6 Å². The second-order valence-electron chi connectivity index (χ2n) is 5.87. The highest BCUT2D eigenvalue weighted by Gasteiger charge is 2.13. The third kappa shape index (κ3) is 3.92. The molecule has 0 unspecified atom stereocenters. The molecule has 0 spiro atoms. The predicted molar refractivity (Wildman–Crippen MR) is 105 cm³/mol. The Morgan fingerprint density at radius 1 is 1.00 bits per heavy atom. The Hall–Kier alpha value is -2.72. The summed E-state index contributed by atoms with van der Waals surface area (Å²) in [5, 5.41) is 5.66. The molecule has 0 aliphatic rings. The molecule has 0 bridgehead atoms. The van der Waals surface area contributed by atoms with Crippen molar-refractivity contribution in [3.63, 3.8) is 0 Å². The maximum absolute atomic E-state index is 12.4. The van der Waals surface area contributed by atoms with Crippen LogP contribution in [0, 0.1) is 0 Å². The van der Waals surface area contributed by atoms with Crippen LogP contribution in [0.2, 0.25) is 5.02 Å². The maximum Gasteiger partial charge on any atom is 0.224 e. The lowest BCUT2D eigenvalue weighted by molar-refractivity contribution is -0.116. The molecular weight excluding hydrogens is 350 g/mol. The number of rotatable bonds is 6. The van der Waals surface area contributed by atoms with Crippen LogP contribution in [0.25, 0.3) is 10.8 Å². The zero-order valence-electron chi connectivity index (χ0n) is 14.7. The zero-order chi connectivity index (χ0) is 18.5. The number of halogens is 1. The van der Waals surface area contributed by atoms with Crippen molar-refractivity contribution in [2.45, 2.75) is 12.8 Å². The van der Waals surface area contributed by atoms with Gasteiger partial charge in [-0.1, -0.05) is 54.1 Å². The molecule has 134 valence electrons. The van der Waals surface area contributed by atoms with Gasteiger partial charge < -0.3 is 14.8 Å². The van der Waals surface area contributed by atoms with Gasteiger partial charge in [0.2, 0.25) is 5.91 Å². The number of carbonyl (C=O) groups is 1. The summed E-state index contributed by atoms with van der Waals surface area (Å²) in [4.78, 5) is 12.4. The normalized spacial score (nSPS) is 10.6. The zero-order valence-corrected chi connectivity index (χ0v) is 15.5. The molecular formula is C21H20ClNO3. The topological polar surface area (TPSA) is 47.6 Å². The van der Waals surface area contributed by atoms with E-state index < -0.39 is 0 Å². The highest BCUT2D eigenvalue weighted by atomic mass is 35.5. The first-order valence-corrected chi connectivity index (χ1v) is 8.68. The number of amides is 1. The molecule has 3 aromatic carbocycles. The minimum atomic E-state index is -0.0967. The molecule has 1 amide bonds. The van der Waals surface area contributed by atoms with Gasteiger partial charge in [-0.15, -0.1) is 0 Å². The number of anilines is 1. The Morgan fingerprint density at radius 3 is 2.50 bits per heavy atom. The molecule has 0 aromatic heterocycles. The van der Waals surface area contributed by atoms with Crippen LogP contribution in [0.4, 0.5) is 5.69 Å². The van der Waals surface area contributed by atoms with Crippen LogP contribution >= 0.6 is 11.6 Å². The SMILES string of the molecule is COc1cc(NC(=O)CCc2cccc3ccccc23)c(OC)cc1Cl. The van der Waals surface area contributed by atoms with Crippen molar-refractivity contribution in [2.75, 3.05) is 19.5 Å². The molecule has 1 N–H and O–H groups in total. The second-order valence-corrected chi connectivity index (χ2v) is 6.28. The van der Waals surface area contributed by atoms with Gasteiger partial charge in [-0.25, -0.2) is 0 Å². The van der Waals surface area contributed by atoms with Crippen molar-refractivity contribution in [3.05, 3.63) is 65.2 Å². The van der Waals surface area contributed by atoms with Crippen molar-refractivity contribution >= 4 is 34.0 Å². The summed E-state index contributed by atoms with van der Waals surface area (Å²) in [6, 6.07) is 17.6. The number of methoxy groups -OCH3 is 2. The molecule has 0 radical (unpaired) electrons. The quantitative estimate of drug-likeness (QED) is 0.659. The minimum absolute atomic E-state index is 0.0967. The van der Waals surface area contributed by atoms with Crippen molar-refractivity contribution in [3.8, 4) is 11.5 Å². The number of ether oxygens (including phenoxy) is 2. The summed E-state index contributed by atoms with van der Waals surface area (Å²) in [5.74, 6) is 0.881. The number of fused-ring (bicyclic) bond motifs is 1. The second kappa shape index (κ2) is 8.11. The Morgan fingerprint density at radius 2 is 1.73 bits per heavy atom. The summed E-state index contributed by atoms with van der Waals surface area (Å²) in [7, 11) is 3.06. The van der Waals surface area contributed by atoms with Crippen LogP contribution in [-0.2, 0) is 11.2 Å².